The Bertz CT molecular complexity index is 459. The van der Waals surface area contributed by atoms with Gasteiger partial charge in [0.1, 0.15) is 0 Å². The first-order valence-corrected chi connectivity index (χ1v) is 8.70. The number of nitrogens with zero attached hydrogens (tertiary/aromatic N) is 1. The zero-order chi connectivity index (χ0) is 16.2. The maximum Gasteiger partial charge on any atom is 0.163 e. The van der Waals surface area contributed by atoms with Crippen molar-refractivity contribution in [2.75, 3.05) is 6.61 Å². The lowest BCUT2D eigenvalue weighted by atomic mass is 10.1. The maximum absolute atomic E-state index is 5.96. The van der Waals surface area contributed by atoms with E-state index in [-0.39, 0.29) is 10.9 Å². The first-order chi connectivity index (χ1) is 10.2. The zero-order valence-corrected chi connectivity index (χ0v) is 15.1. The van der Waals surface area contributed by atoms with E-state index in [1.54, 1.807) is 11.9 Å². The largest absolute Gasteiger partial charge is 0.348 e. The predicted octanol–water partition coefficient (Wildman–Crippen LogP) is 3.57. The van der Waals surface area contributed by atoms with E-state index >= 15 is 0 Å². The Balaban J connectivity index is 1.95. The van der Waals surface area contributed by atoms with Gasteiger partial charge in [0.05, 0.1) is 12.7 Å². The summed E-state index contributed by atoms with van der Waals surface area (Å²) in [5, 5.41) is 0. The second kappa shape index (κ2) is 7.30. The summed E-state index contributed by atoms with van der Waals surface area (Å²) in [5.41, 5.74) is 1.10. The van der Waals surface area contributed by atoms with Crippen molar-refractivity contribution >= 4 is 11.9 Å². The summed E-state index contributed by atoms with van der Waals surface area (Å²) < 4.78 is 15.4. The van der Waals surface area contributed by atoms with Crippen molar-refractivity contribution in [1.82, 2.24) is 9.71 Å². The summed E-state index contributed by atoms with van der Waals surface area (Å²) in [4.78, 5) is 4.44. The highest BCUT2D eigenvalue weighted by atomic mass is 32.2. The third-order valence-corrected chi connectivity index (χ3v) is 4.39. The minimum Gasteiger partial charge on any atom is -0.348 e. The molecule has 1 fully saturated rings. The second-order valence-electron chi connectivity index (χ2n) is 7.24. The molecule has 0 amide bonds. The van der Waals surface area contributed by atoms with Gasteiger partial charge in [-0.25, -0.2) is 0 Å². The number of aromatic nitrogens is 1. The van der Waals surface area contributed by atoms with E-state index in [0.717, 1.165) is 18.5 Å². The van der Waals surface area contributed by atoms with Gasteiger partial charge in [-0.05, 0) is 53.2 Å². The van der Waals surface area contributed by atoms with E-state index in [1.807, 2.05) is 32.2 Å². The molecule has 1 aromatic heterocycles. The van der Waals surface area contributed by atoms with E-state index in [1.165, 1.54) is 0 Å². The van der Waals surface area contributed by atoms with Crippen molar-refractivity contribution in [1.29, 1.82) is 0 Å². The molecular formula is C17H28N2O2S. The molecule has 5 heteroatoms. The molecule has 4 nitrogen and oxygen atoms in total. The van der Waals surface area contributed by atoms with Gasteiger partial charge < -0.3 is 9.47 Å². The Morgan fingerprint density at radius 3 is 2.73 bits per heavy atom. The van der Waals surface area contributed by atoms with Crippen molar-refractivity contribution < 1.29 is 9.47 Å². The Hall–Kier alpha value is -0.620. The highest BCUT2D eigenvalue weighted by Gasteiger charge is 2.34. The van der Waals surface area contributed by atoms with E-state index in [9.17, 15) is 0 Å². The number of pyridine rings is 1. The van der Waals surface area contributed by atoms with Crippen LogP contribution in [0.2, 0.25) is 0 Å². The molecule has 0 saturated carbocycles. The molecule has 1 N–H and O–H groups in total. The summed E-state index contributed by atoms with van der Waals surface area (Å²) in [6, 6.07) is 6.37. The summed E-state index contributed by atoms with van der Waals surface area (Å²) in [5.74, 6) is -0.461. The first kappa shape index (κ1) is 17.7. The number of ether oxygens (including phenoxy) is 2. The fraction of sp³-hybridized carbons (Fsp3) is 0.706. The van der Waals surface area contributed by atoms with Crippen LogP contribution in [0, 0.1) is 0 Å². The average molecular weight is 324 g/mol. The molecule has 2 heterocycles. The topological polar surface area (TPSA) is 43.4 Å². The monoisotopic (exact) mass is 324 g/mol. The van der Waals surface area contributed by atoms with E-state index in [4.69, 9.17) is 9.47 Å². The Labute approximate surface area is 138 Å². The van der Waals surface area contributed by atoms with Gasteiger partial charge in [-0.1, -0.05) is 18.0 Å². The summed E-state index contributed by atoms with van der Waals surface area (Å²) in [7, 11) is 0. The van der Waals surface area contributed by atoms with Crippen LogP contribution in [0.3, 0.4) is 0 Å². The minimum absolute atomic E-state index is 0.136. The molecule has 124 valence electrons. The van der Waals surface area contributed by atoms with Crippen molar-refractivity contribution in [3.8, 4) is 0 Å². The molecule has 0 spiro atoms. The molecule has 1 aliphatic heterocycles. The van der Waals surface area contributed by atoms with Crippen LogP contribution in [-0.2, 0) is 15.9 Å². The molecule has 0 unspecified atom stereocenters. The quantitative estimate of drug-likeness (QED) is 0.810. The zero-order valence-electron chi connectivity index (χ0n) is 14.3. The van der Waals surface area contributed by atoms with Gasteiger partial charge in [-0.3, -0.25) is 9.71 Å². The van der Waals surface area contributed by atoms with Gasteiger partial charge in [-0.2, -0.15) is 0 Å². The fourth-order valence-corrected chi connectivity index (χ4v) is 3.10. The van der Waals surface area contributed by atoms with Crippen molar-refractivity contribution in [2.45, 2.75) is 70.1 Å². The van der Waals surface area contributed by atoms with Crippen molar-refractivity contribution in [3.63, 3.8) is 0 Å². The molecule has 0 aliphatic carbocycles. The molecule has 1 saturated heterocycles. The van der Waals surface area contributed by atoms with Crippen LogP contribution in [0.15, 0.2) is 24.4 Å². The summed E-state index contributed by atoms with van der Waals surface area (Å²) in [6.07, 6.45) is 3.80. The number of rotatable bonds is 6. The molecule has 2 rings (SSSR count). The van der Waals surface area contributed by atoms with Crippen LogP contribution in [-0.4, -0.2) is 34.3 Å². The van der Waals surface area contributed by atoms with E-state index in [0.29, 0.717) is 12.6 Å². The smallest absolute Gasteiger partial charge is 0.163 e. The summed E-state index contributed by atoms with van der Waals surface area (Å²) in [6.45, 7) is 11.2. The standard InChI is InChI=1S/C17H28N2O2S/c1-16(2,3)22-19-14(10-13-8-6-7-9-18-13)11-15-12-20-17(4,5)21-15/h6-9,14-15,19H,10-12H2,1-5H3/t14-,15-/m0/s1. The summed E-state index contributed by atoms with van der Waals surface area (Å²) >= 11 is 1.77. The third kappa shape index (κ3) is 6.24. The molecule has 0 radical (unpaired) electrons. The highest BCUT2D eigenvalue weighted by Crippen LogP contribution is 2.27. The van der Waals surface area contributed by atoms with Crippen molar-refractivity contribution in [3.05, 3.63) is 30.1 Å². The molecule has 0 bridgehead atoms. The molecule has 2 atom stereocenters. The lowest BCUT2D eigenvalue weighted by Gasteiger charge is -2.26. The minimum atomic E-state index is -0.461. The predicted molar refractivity (Wildman–Crippen MR) is 91.7 cm³/mol. The Morgan fingerprint density at radius 2 is 2.18 bits per heavy atom. The van der Waals surface area contributed by atoms with Gasteiger partial charge in [0.2, 0.25) is 0 Å². The number of hydrogen-bond acceptors (Lipinski definition) is 5. The molecular weight excluding hydrogens is 296 g/mol. The number of nitrogens with one attached hydrogen (secondary N) is 1. The maximum atomic E-state index is 5.96. The lowest BCUT2D eigenvalue weighted by molar-refractivity contribution is -0.139. The molecule has 1 aliphatic rings. The van der Waals surface area contributed by atoms with Crippen LogP contribution in [0.4, 0.5) is 0 Å². The van der Waals surface area contributed by atoms with Crippen LogP contribution < -0.4 is 4.72 Å². The fourth-order valence-electron chi connectivity index (χ4n) is 2.40. The number of hydrogen-bond donors (Lipinski definition) is 1. The first-order valence-electron chi connectivity index (χ1n) is 7.89. The highest BCUT2D eigenvalue weighted by molar-refractivity contribution is 7.98. The SMILES string of the molecule is CC1(C)OC[C@H](C[C@H](Cc2ccccn2)NSC(C)(C)C)O1. The second-order valence-corrected chi connectivity index (χ2v) is 8.91. The lowest BCUT2D eigenvalue weighted by Crippen LogP contribution is -2.34. The van der Waals surface area contributed by atoms with Crippen LogP contribution >= 0.6 is 11.9 Å². The average Bonchev–Trinajstić information content (AvgIpc) is 2.76. The van der Waals surface area contributed by atoms with Gasteiger partial charge in [0.15, 0.2) is 5.79 Å². The van der Waals surface area contributed by atoms with Crippen LogP contribution in [0.1, 0.15) is 46.7 Å². The van der Waals surface area contributed by atoms with Gasteiger partial charge in [0, 0.05) is 29.1 Å². The Kier molecular flexibility index (Phi) is 5.88. The Morgan fingerprint density at radius 1 is 1.41 bits per heavy atom. The molecule has 0 aromatic carbocycles. The third-order valence-electron chi connectivity index (χ3n) is 3.33. The van der Waals surface area contributed by atoms with Crippen LogP contribution in [0.5, 0.6) is 0 Å². The molecule has 1 aromatic rings. The van der Waals surface area contributed by atoms with Gasteiger partial charge in [0.25, 0.3) is 0 Å². The van der Waals surface area contributed by atoms with Crippen molar-refractivity contribution in [2.24, 2.45) is 0 Å². The van der Waals surface area contributed by atoms with E-state index < -0.39 is 5.79 Å². The molecule has 22 heavy (non-hydrogen) atoms. The van der Waals surface area contributed by atoms with Crippen LogP contribution in [0.25, 0.3) is 0 Å². The van der Waals surface area contributed by atoms with Gasteiger partial charge >= 0.3 is 0 Å². The van der Waals surface area contributed by atoms with E-state index in [2.05, 4.69) is 36.5 Å². The normalized spacial score (nSPS) is 22.7. The van der Waals surface area contributed by atoms with Gasteiger partial charge in [-0.15, -0.1) is 0 Å².